The molecule has 0 aliphatic heterocycles. The zero-order chi connectivity index (χ0) is 24.1. The number of benzene rings is 3. The van der Waals surface area contributed by atoms with Crippen LogP contribution in [0.4, 0.5) is 10.1 Å². The van der Waals surface area contributed by atoms with Crippen molar-refractivity contribution in [1.29, 1.82) is 0 Å². The van der Waals surface area contributed by atoms with Crippen molar-refractivity contribution in [2.75, 3.05) is 5.32 Å². The molecule has 1 amide bonds. The topological polar surface area (TPSA) is 56.1 Å². The van der Waals surface area contributed by atoms with Crippen molar-refractivity contribution < 1.29 is 13.9 Å². The molecule has 0 spiro atoms. The van der Waals surface area contributed by atoms with Crippen LogP contribution in [0.25, 0.3) is 0 Å². The van der Waals surface area contributed by atoms with Gasteiger partial charge in [-0.25, -0.2) is 4.39 Å². The molecule has 1 aromatic heterocycles. The maximum Gasteiger partial charge on any atom is 0.255 e. The Labute approximate surface area is 203 Å². The fraction of sp³-hybridized carbons (Fsp3) is 0.185. The van der Waals surface area contributed by atoms with Gasteiger partial charge in [0, 0.05) is 22.3 Å². The van der Waals surface area contributed by atoms with Gasteiger partial charge in [0.15, 0.2) is 0 Å². The highest BCUT2D eigenvalue weighted by molar-refractivity contribution is 6.31. The number of carbonyl (C=O) groups excluding carboxylic acids is 1. The summed E-state index contributed by atoms with van der Waals surface area (Å²) >= 11 is 6.09. The normalized spacial score (nSPS) is 11.0. The average molecular weight is 478 g/mol. The Hall–Kier alpha value is -3.64. The third-order valence-corrected chi connectivity index (χ3v) is 5.77. The number of nitrogens with one attached hydrogen (secondary N) is 1. The second kappa shape index (κ2) is 10.5. The number of ether oxygens (including phenoxy) is 1. The molecule has 5 nitrogen and oxygen atoms in total. The molecule has 0 bridgehead atoms. The second-order valence-corrected chi connectivity index (χ2v) is 8.70. The molecule has 0 saturated heterocycles. The smallest absolute Gasteiger partial charge is 0.255 e. The monoisotopic (exact) mass is 477 g/mol. The molecule has 0 aliphatic carbocycles. The molecule has 1 heterocycles. The Kier molecular flexibility index (Phi) is 7.28. The number of aromatic nitrogens is 2. The van der Waals surface area contributed by atoms with E-state index < -0.39 is 5.82 Å². The van der Waals surface area contributed by atoms with Crippen molar-refractivity contribution >= 4 is 23.2 Å². The van der Waals surface area contributed by atoms with E-state index in [1.165, 1.54) is 22.5 Å². The van der Waals surface area contributed by atoms with Crippen molar-refractivity contribution in [3.05, 3.63) is 112 Å². The molecule has 3 aromatic carbocycles. The molecule has 1 N–H and O–H groups in total. The summed E-state index contributed by atoms with van der Waals surface area (Å²) in [4.78, 5) is 12.7. The molecule has 0 radical (unpaired) electrons. The van der Waals surface area contributed by atoms with Crippen molar-refractivity contribution in [3.63, 3.8) is 0 Å². The van der Waals surface area contributed by atoms with E-state index in [-0.39, 0.29) is 12.5 Å². The van der Waals surface area contributed by atoms with Crippen LogP contribution in [0.5, 0.6) is 5.75 Å². The Morgan fingerprint density at radius 2 is 1.88 bits per heavy atom. The molecule has 4 rings (SSSR count). The number of anilines is 1. The van der Waals surface area contributed by atoms with Crippen LogP contribution in [0, 0.1) is 5.82 Å². The van der Waals surface area contributed by atoms with Gasteiger partial charge >= 0.3 is 0 Å². The molecule has 0 fully saturated rings. The predicted octanol–water partition coefficient (Wildman–Crippen LogP) is 6.68. The molecule has 4 aromatic rings. The Bertz CT molecular complexity index is 1270. The zero-order valence-electron chi connectivity index (χ0n) is 19.0. The van der Waals surface area contributed by atoms with E-state index in [4.69, 9.17) is 16.3 Å². The molecular formula is C27H25ClFN3O2. The Morgan fingerprint density at radius 3 is 2.62 bits per heavy atom. The molecule has 7 heteroatoms. The van der Waals surface area contributed by atoms with Gasteiger partial charge in [0.25, 0.3) is 5.91 Å². The molecule has 0 unspecified atom stereocenters. The lowest BCUT2D eigenvalue weighted by atomic mass is 10.0. The summed E-state index contributed by atoms with van der Waals surface area (Å²) < 4.78 is 21.4. The molecular weight excluding hydrogens is 453 g/mol. The SMILES string of the molecule is CC(C)c1ccc(OCc2cccc(C(=O)Nc3cnn(Cc4c(F)cccc4Cl)c3)c2)cc1. The number of hydrogen-bond donors (Lipinski definition) is 1. The van der Waals surface area contributed by atoms with Gasteiger partial charge in [-0.05, 0) is 53.4 Å². The van der Waals surface area contributed by atoms with Crippen LogP contribution in [0.3, 0.4) is 0 Å². The zero-order valence-corrected chi connectivity index (χ0v) is 19.7. The van der Waals surface area contributed by atoms with E-state index in [2.05, 4.69) is 36.4 Å². The van der Waals surface area contributed by atoms with Crippen molar-refractivity contribution in [3.8, 4) is 5.75 Å². The first-order chi connectivity index (χ1) is 16.4. The third-order valence-electron chi connectivity index (χ3n) is 5.41. The quantitative estimate of drug-likeness (QED) is 0.308. The van der Waals surface area contributed by atoms with E-state index in [0.29, 0.717) is 34.4 Å². The van der Waals surface area contributed by atoms with Crippen molar-refractivity contribution in [2.24, 2.45) is 0 Å². The summed E-state index contributed by atoms with van der Waals surface area (Å²) in [5.41, 5.74) is 3.49. The first kappa shape index (κ1) is 23.5. The average Bonchev–Trinajstić information content (AvgIpc) is 3.27. The Balaban J connectivity index is 1.37. The first-order valence-corrected chi connectivity index (χ1v) is 11.4. The van der Waals surface area contributed by atoms with Crippen molar-refractivity contribution in [2.45, 2.75) is 32.9 Å². The van der Waals surface area contributed by atoms with Crippen molar-refractivity contribution in [1.82, 2.24) is 9.78 Å². The summed E-state index contributed by atoms with van der Waals surface area (Å²) in [6, 6.07) is 19.8. The largest absolute Gasteiger partial charge is 0.489 e. The summed E-state index contributed by atoms with van der Waals surface area (Å²) in [6.45, 7) is 4.81. The fourth-order valence-electron chi connectivity index (χ4n) is 3.48. The van der Waals surface area contributed by atoms with Gasteiger partial charge in [0.2, 0.25) is 0 Å². The van der Waals surface area contributed by atoms with E-state index in [0.717, 1.165) is 11.3 Å². The highest BCUT2D eigenvalue weighted by Gasteiger charge is 2.11. The van der Waals surface area contributed by atoms with Gasteiger partial charge in [0.1, 0.15) is 18.2 Å². The van der Waals surface area contributed by atoms with Crippen LogP contribution in [-0.2, 0) is 13.2 Å². The maximum absolute atomic E-state index is 14.0. The number of halogens is 2. The summed E-state index contributed by atoms with van der Waals surface area (Å²) in [6.07, 6.45) is 3.15. The van der Waals surface area contributed by atoms with Gasteiger partial charge in [-0.3, -0.25) is 9.48 Å². The molecule has 34 heavy (non-hydrogen) atoms. The number of carbonyl (C=O) groups is 1. The molecule has 0 saturated carbocycles. The number of nitrogens with zero attached hydrogens (tertiary/aromatic N) is 2. The third kappa shape index (κ3) is 5.83. The maximum atomic E-state index is 14.0. The summed E-state index contributed by atoms with van der Waals surface area (Å²) in [5.74, 6) is 0.574. The van der Waals surface area contributed by atoms with Gasteiger partial charge in [-0.2, -0.15) is 5.10 Å². The minimum atomic E-state index is -0.400. The lowest BCUT2D eigenvalue weighted by molar-refractivity contribution is 0.102. The van der Waals surface area contributed by atoms with Crippen LogP contribution >= 0.6 is 11.6 Å². The summed E-state index contributed by atoms with van der Waals surface area (Å²) in [5, 5.41) is 7.35. The van der Waals surface area contributed by atoms with Gasteiger partial charge in [0.05, 0.1) is 18.4 Å². The Morgan fingerprint density at radius 1 is 1.12 bits per heavy atom. The molecule has 0 aliphatic rings. The van der Waals surface area contributed by atoms with Crippen LogP contribution in [0.1, 0.15) is 46.8 Å². The van der Waals surface area contributed by atoms with Gasteiger partial charge < -0.3 is 10.1 Å². The summed E-state index contributed by atoms with van der Waals surface area (Å²) in [7, 11) is 0. The van der Waals surface area contributed by atoms with Crippen LogP contribution in [0.15, 0.2) is 79.1 Å². The highest BCUT2D eigenvalue weighted by Crippen LogP contribution is 2.21. The predicted molar refractivity (Wildman–Crippen MR) is 132 cm³/mol. The first-order valence-electron chi connectivity index (χ1n) is 11.0. The van der Waals surface area contributed by atoms with Crippen LogP contribution < -0.4 is 10.1 Å². The van der Waals surface area contributed by atoms with E-state index >= 15 is 0 Å². The minimum absolute atomic E-state index is 0.159. The van der Waals surface area contributed by atoms with Gasteiger partial charge in [-0.15, -0.1) is 0 Å². The number of rotatable bonds is 8. The lowest BCUT2D eigenvalue weighted by Gasteiger charge is -2.10. The number of amides is 1. The standard InChI is InChI=1S/C27H25ClFN3O2/c1-18(2)20-9-11-23(12-10-20)34-17-19-5-3-6-21(13-19)27(33)31-22-14-30-32(15-22)16-24-25(28)7-4-8-26(24)29/h3-15,18H,16-17H2,1-2H3,(H,31,33). The van der Waals surface area contributed by atoms with Gasteiger partial charge in [-0.1, -0.05) is 55.8 Å². The van der Waals surface area contributed by atoms with E-state index in [9.17, 15) is 9.18 Å². The van der Waals surface area contributed by atoms with Crippen LogP contribution in [-0.4, -0.2) is 15.7 Å². The lowest BCUT2D eigenvalue weighted by Crippen LogP contribution is -2.12. The van der Waals surface area contributed by atoms with E-state index in [1.807, 2.05) is 24.3 Å². The molecule has 174 valence electrons. The fourth-order valence-corrected chi connectivity index (χ4v) is 3.70. The number of hydrogen-bond acceptors (Lipinski definition) is 3. The minimum Gasteiger partial charge on any atom is -0.489 e. The molecule has 0 atom stereocenters. The highest BCUT2D eigenvalue weighted by atomic mass is 35.5. The van der Waals surface area contributed by atoms with Crippen LogP contribution in [0.2, 0.25) is 5.02 Å². The second-order valence-electron chi connectivity index (χ2n) is 8.29. The van der Waals surface area contributed by atoms with E-state index in [1.54, 1.807) is 30.5 Å².